The Morgan fingerprint density at radius 3 is 2.88 bits per heavy atom. The lowest BCUT2D eigenvalue weighted by Crippen LogP contribution is -2.40. The van der Waals surface area contributed by atoms with Crippen molar-refractivity contribution in [3.05, 3.63) is 53.1 Å². The number of rotatable bonds is 1. The third-order valence-corrected chi connectivity index (χ3v) is 5.04. The fourth-order valence-electron chi connectivity index (χ4n) is 3.03. The molecule has 1 aliphatic rings. The van der Waals surface area contributed by atoms with E-state index >= 15 is 0 Å². The van der Waals surface area contributed by atoms with Crippen LogP contribution in [0.4, 0.5) is 11.6 Å². The van der Waals surface area contributed by atoms with Crippen molar-refractivity contribution in [3.63, 3.8) is 0 Å². The molecular formula is C18H17ClN4S. The predicted molar refractivity (Wildman–Crippen MR) is 104 cm³/mol. The molecule has 122 valence electrons. The van der Waals surface area contributed by atoms with Crippen molar-refractivity contribution in [1.82, 2.24) is 9.55 Å². The molecule has 1 N–H and O–H groups in total. The van der Waals surface area contributed by atoms with E-state index in [9.17, 15) is 0 Å². The lowest BCUT2D eigenvalue weighted by atomic mass is 10.2. The monoisotopic (exact) mass is 356 g/mol. The van der Waals surface area contributed by atoms with E-state index in [1.54, 1.807) is 0 Å². The maximum absolute atomic E-state index is 6.20. The number of benzene rings is 2. The standard InChI is InChI=1S/C18H17ClN4S/c1-12-7-8-13(11-14(12)19)20-18(24)23-10-4-9-22-16-6-3-2-5-15(16)21-17(22)23/h2-3,5-8,11H,4,9-10H2,1H3,(H,20,24). The van der Waals surface area contributed by atoms with Gasteiger partial charge >= 0.3 is 0 Å². The Morgan fingerprint density at radius 1 is 1.21 bits per heavy atom. The van der Waals surface area contributed by atoms with Gasteiger partial charge in [0.25, 0.3) is 0 Å². The molecular weight excluding hydrogens is 340 g/mol. The highest BCUT2D eigenvalue weighted by Gasteiger charge is 2.24. The minimum absolute atomic E-state index is 0.645. The summed E-state index contributed by atoms with van der Waals surface area (Å²) in [5.41, 5.74) is 4.09. The normalized spacial score (nSPS) is 13.8. The van der Waals surface area contributed by atoms with Crippen LogP contribution in [0, 0.1) is 6.92 Å². The molecule has 0 unspecified atom stereocenters. The number of para-hydroxylation sites is 2. The summed E-state index contributed by atoms with van der Waals surface area (Å²) in [6, 6.07) is 14.1. The van der Waals surface area contributed by atoms with Gasteiger partial charge in [0, 0.05) is 23.8 Å². The third-order valence-electron chi connectivity index (χ3n) is 4.31. The van der Waals surface area contributed by atoms with Gasteiger partial charge in [0.15, 0.2) is 5.11 Å². The molecule has 1 aromatic heterocycles. The minimum Gasteiger partial charge on any atom is -0.332 e. The average molecular weight is 357 g/mol. The van der Waals surface area contributed by atoms with Crippen LogP contribution in [0.15, 0.2) is 42.5 Å². The van der Waals surface area contributed by atoms with Crippen molar-refractivity contribution in [2.45, 2.75) is 19.9 Å². The van der Waals surface area contributed by atoms with Gasteiger partial charge in [-0.2, -0.15) is 0 Å². The third kappa shape index (κ3) is 2.64. The number of anilines is 2. The molecule has 0 radical (unpaired) electrons. The van der Waals surface area contributed by atoms with Gasteiger partial charge < -0.3 is 9.88 Å². The van der Waals surface area contributed by atoms with Crippen LogP contribution in [-0.2, 0) is 6.54 Å². The number of aromatic nitrogens is 2. The number of nitrogens with one attached hydrogen (secondary N) is 1. The van der Waals surface area contributed by atoms with Crippen LogP contribution >= 0.6 is 23.8 Å². The average Bonchev–Trinajstić information content (AvgIpc) is 2.97. The SMILES string of the molecule is Cc1ccc(NC(=S)N2CCCn3c2nc2ccccc23)cc1Cl. The molecule has 4 nitrogen and oxygen atoms in total. The second-order valence-electron chi connectivity index (χ2n) is 5.95. The summed E-state index contributed by atoms with van der Waals surface area (Å²) < 4.78 is 2.23. The highest BCUT2D eigenvalue weighted by molar-refractivity contribution is 7.80. The molecule has 3 aromatic rings. The number of fused-ring (bicyclic) bond motifs is 3. The molecule has 0 spiro atoms. The van der Waals surface area contributed by atoms with Crippen LogP contribution in [0.3, 0.4) is 0 Å². The molecule has 0 atom stereocenters. The first-order valence-electron chi connectivity index (χ1n) is 7.93. The Morgan fingerprint density at radius 2 is 2.04 bits per heavy atom. The summed E-state index contributed by atoms with van der Waals surface area (Å²) in [5, 5.41) is 4.66. The van der Waals surface area contributed by atoms with Gasteiger partial charge in [-0.3, -0.25) is 4.90 Å². The molecule has 0 saturated carbocycles. The van der Waals surface area contributed by atoms with Crippen molar-refractivity contribution >= 4 is 51.6 Å². The molecule has 0 bridgehead atoms. The molecule has 1 aliphatic heterocycles. The largest absolute Gasteiger partial charge is 0.332 e. The van der Waals surface area contributed by atoms with Crippen molar-refractivity contribution in [3.8, 4) is 0 Å². The summed E-state index contributed by atoms with van der Waals surface area (Å²) in [6.45, 7) is 3.80. The Labute approximate surface area is 151 Å². The van der Waals surface area contributed by atoms with Crippen LogP contribution in [0.2, 0.25) is 5.02 Å². The number of nitrogens with zero attached hydrogens (tertiary/aromatic N) is 3. The molecule has 0 fully saturated rings. The predicted octanol–water partition coefficient (Wildman–Crippen LogP) is 4.61. The maximum atomic E-state index is 6.20. The second kappa shape index (κ2) is 6.07. The second-order valence-corrected chi connectivity index (χ2v) is 6.75. The van der Waals surface area contributed by atoms with E-state index in [0.717, 1.165) is 52.8 Å². The van der Waals surface area contributed by atoms with Gasteiger partial charge in [-0.05, 0) is 55.4 Å². The van der Waals surface area contributed by atoms with Crippen LogP contribution < -0.4 is 10.2 Å². The molecule has 0 saturated heterocycles. The zero-order valence-electron chi connectivity index (χ0n) is 13.3. The molecule has 0 amide bonds. The zero-order chi connectivity index (χ0) is 16.7. The fourth-order valence-corrected chi connectivity index (χ4v) is 3.50. The minimum atomic E-state index is 0.645. The first kappa shape index (κ1) is 15.4. The van der Waals surface area contributed by atoms with E-state index in [1.807, 2.05) is 43.3 Å². The smallest absolute Gasteiger partial charge is 0.212 e. The summed E-state index contributed by atoms with van der Waals surface area (Å²) in [5.74, 6) is 0.901. The van der Waals surface area contributed by atoms with Gasteiger partial charge in [-0.25, -0.2) is 4.98 Å². The van der Waals surface area contributed by atoms with Crippen LogP contribution in [0.5, 0.6) is 0 Å². The van der Waals surface area contributed by atoms with Crippen molar-refractivity contribution in [2.24, 2.45) is 0 Å². The van der Waals surface area contributed by atoms with Crippen molar-refractivity contribution < 1.29 is 0 Å². The van der Waals surface area contributed by atoms with Crippen molar-refractivity contribution in [1.29, 1.82) is 0 Å². The van der Waals surface area contributed by atoms with E-state index in [2.05, 4.69) is 20.9 Å². The summed E-state index contributed by atoms with van der Waals surface area (Å²) >= 11 is 11.8. The lowest BCUT2D eigenvalue weighted by molar-refractivity contribution is 0.612. The zero-order valence-corrected chi connectivity index (χ0v) is 14.9. The number of halogens is 1. The van der Waals surface area contributed by atoms with E-state index in [-0.39, 0.29) is 0 Å². The summed E-state index contributed by atoms with van der Waals surface area (Å²) in [7, 11) is 0. The molecule has 6 heteroatoms. The topological polar surface area (TPSA) is 33.1 Å². The summed E-state index contributed by atoms with van der Waals surface area (Å²) in [6.07, 6.45) is 1.03. The van der Waals surface area contributed by atoms with Crippen LogP contribution in [0.1, 0.15) is 12.0 Å². The highest BCUT2D eigenvalue weighted by Crippen LogP contribution is 2.27. The Kier molecular flexibility index (Phi) is 3.90. The molecule has 0 aliphatic carbocycles. The van der Waals surface area contributed by atoms with Gasteiger partial charge in [-0.1, -0.05) is 29.8 Å². The van der Waals surface area contributed by atoms with E-state index < -0.39 is 0 Å². The Bertz CT molecular complexity index is 934. The highest BCUT2D eigenvalue weighted by atomic mass is 35.5. The number of thiocarbonyl (C=S) groups is 1. The Balaban J connectivity index is 1.65. The molecule has 4 rings (SSSR count). The van der Waals surface area contributed by atoms with E-state index in [0.29, 0.717) is 5.11 Å². The van der Waals surface area contributed by atoms with E-state index in [4.69, 9.17) is 28.8 Å². The van der Waals surface area contributed by atoms with Crippen molar-refractivity contribution in [2.75, 3.05) is 16.8 Å². The fraction of sp³-hybridized carbons (Fsp3) is 0.222. The summed E-state index contributed by atoms with van der Waals surface area (Å²) in [4.78, 5) is 6.83. The maximum Gasteiger partial charge on any atom is 0.212 e. The number of aryl methyl sites for hydroxylation is 2. The number of imidazole rings is 1. The van der Waals surface area contributed by atoms with Crippen LogP contribution in [-0.4, -0.2) is 21.2 Å². The molecule has 2 heterocycles. The van der Waals surface area contributed by atoms with Crippen LogP contribution in [0.25, 0.3) is 11.0 Å². The van der Waals surface area contributed by atoms with E-state index in [1.165, 1.54) is 0 Å². The molecule has 24 heavy (non-hydrogen) atoms. The van der Waals surface area contributed by atoms with Gasteiger partial charge in [0.05, 0.1) is 11.0 Å². The van der Waals surface area contributed by atoms with Gasteiger partial charge in [0.2, 0.25) is 5.95 Å². The molecule has 2 aromatic carbocycles. The number of hydrogen-bond acceptors (Lipinski definition) is 2. The number of hydrogen-bond donors (Lipinski definition) is 1. The lowest BCUT2D eigenvalue weighted by Gasteiger charge is -2.29. The van der Waals surface area contributed by atoms with Gasteiger partial charge in [-0.15, -0.1) is 0 Å². The van der Waals surface area contributed by atoms with Gasteiger partial charge in [0.1, 0.15) is 0 Å². The Hall–Kier alpha value is -2.11. The first-order chi connectivity index (χ1) is 11.6. The quantitative estimate of drug-likeness (QED) is 0.646. The first-order valence-corrected chi connectivity index (χ1v) is 8.72.